The molecule has 0 aliphatic heterocycles. The molecule has 0 saturated carbocycles. The van der Waals surface area contributed by atoms with E-state index in [0.717, 1.165) is 24.4 Å². The van der Waals surface area contributed by atoms with Crippen LogP contribution in [0.25, 0.3) is 0 Å². The fraction of sp³-hybridized carbons (Fsp3) is 0.692. The number of nitrogens with zero attached hydrogens (tertiary/aromatic N) is 2. The molecule has 1 rings (SSSR count). The van der Waals surface area contributed by atoms with Crippen LogP contribution in [0.3, 0.4) is 0 Å². The van der Waals surface area contributed by atoms with E-state index in [2.05, 4.69) is 12.0 Å². The van der Waals surface area contributed by atoms with Gasteiger partial charge in [-0.05, 0) is 26.3 Å². The standard InChI is InChI=1S/C13H22N2O2/c1-4-11-9-12(15(5-2)14-11)10-13(16)7-8-17-6-3/h9H,4-8,10H2,1-3H3. The number of hydrogen-bond donors (Lipinski definition) is 0. The van der Waals surface area contributed by atoms with Gasteiger partial charge in [-0.2, -0.15) is 5.10 Å². The molecule has 0 bridgehead atoms. The maximum Gasteiger partial charge on any atom is 0.141 e. The number of Topliss-reactive ketones (excluding diaryl/α,β-unsaturated/α-hetero) is 1. The fourth-order valence-corrected chi connectivity index (χ4v) is 1.72. The average molecular weight is 238 g/mol. The highest BCUT2D eigenvalue weighted by Gasteiger charge is 2.10. The lowest BCUT2D eigenvalue weighted by Gasteiger charge is -2.04. The number of ketones is 1. The van der Waals surface area contributed by atoms with E-state index in [9.17, 15) is 4.79 Å². The molecule has 1 aromatic rings. The Bertz CT molecular complexity index is 358. The third-order valence-electron chi connectivity index (χ3n) is 2.68. The molecule has 0 aromatic carbocycles. The number of aryl methyl sites for hydroxylation is 2. The summed E-state index contributed by atoms with van der Waals surface area (Å²) in [6.07, 6.45) is 1.87. The molecule has 0 saturated heterocycles. The molecule has 17 heavy (non-hydrogen) atoms. The van der Waals surface area contributed by atoms with Gasteiger partial charge in [0, 0.05) is 31.7 Å². The van der Waals surface area contributed by atoms with Gasteiger partial charge in [0.25, 0.3) is 0 Å². The van der Waals surface area contributed by atoms with Crippen molar-refractivity contribution in [2.45, 2.75) is 46.6 Å². The van der Waals surface area contributed by atoms with Gasteiger partial charge in [-0.3, -0.25) is 9.48 Å². The van der Waals surface area contributed by atoms with Crippen LogP contribution in [0.1, 0.15) is 38.6 Å². The average Bonchev–Trinajstić information content (AvgIpc) is 2.71. The maximum atomic E-state index is 11.7. The highest BCUT2D eigenvalue weighted by Crippen LogP contribution is 2.08. The van der Waals surface area contributed by atoms with Crippen molar-refractivity contribution in [1.82, 2.24) is 9.78 Å². The highest BCUT2D eigenvalue weighted by atomic mass is 16.5. The minimum atomic E-state index is 0.218. The predicted octanol–water partition coefficient (Wildman–Crippen LogP) is 2.00. The molecule has 0 spiro atoms. The van der Waals surface area contributed by atoms with E-state index in [4.69, 9.17) is 4.74 Å². The molecule has 1 aromatic heterocycles. The summed E-state index contributed by atoms with van der Waals surface area (Å²) in [5, 5.41) is 4.43. The Morgan fingerprint density at radius 1 is 1.41 bits per heavy atom. The van der Waals surface area contributed by atoms with E-state index in [1.165, 1.54) is 0 Å². The van der Waals surface area contributed by atoms with E-state index in [0.29, 0.717) is 26.1 Å². The summed E-state index contributed by atoms with van der Waals surface area (Å²) in [4.78, 5) is 11.7. The Kier molecular flexibility index (Phi) is 5.91. The topological polar surface area (TPSA) is 44.1 Å². The van der Waals surface area contributed by atoms with E-state index in [-0.39, 0.29) is 5.78 Å². The minimum Gasteiger partial charge on any atom is -0.381 e. The van der Waals surface area contributed by atoms with Gasteiger partial charge in [-0.15, -0.1) is 0 Å². The van der Waals surface area contributed by atoms with E-state index in [1.54, 1.807) is 0 Å². The van der Waals surface area contributed by atoms with Crippen LogP contribution in [0.15, 0.2) is 6.07 Å². The molecule has 96 valence electrons. The monoisotopic (exact) mass is 238 g/mol. The van der Waals surface area contributed by atoms with Crippen LogP contribution in [0, 0.1) is 0 Å². The second-order valence-electron chi connectivity index (χ2n) is 3.96. The Balaban J connectivity index is 2.54. The van der Waals surface area contributed by atoms with Crippen LogP contribution in [0.5, 0.6) is 0 Å². The van der Waals surface area contributed by atoms with Crippen molar-refractivity contribution in [3.63, 3.8) is 0 Å². The summed E-state index contributed by atoms with van der Waals surface area (Å²) < 4.78 is 7.10. The first kappa shape index (κ1) is 13.9. The van der Waals surface area contributed by atoms with Crippen LogP contribution in [-0.4, -0.2) is 28.8 Å². The summed E-state index contributed by atoms with van der Waals surface area (Å²) in [7, 11) is 0. The molecular weight excluding hydrogens is 216 g/mol. The summed E-state index contributed by atoms with van der Waals surface area (Å²) >= 11 is 0. The molecule has 0 unspecified atom stereocenters. The molecule has 0 atom stereocenters. The van der Waals surface area contributed by atoms with Gasteiger partial charge in [-0.25, -0.2) is 0 Å². The van der Waals surface area contributed by atoms with Crippen LogP contribution < -0.4 is 0 Å². The number of carbonyl (C=O) groups is 1. The second-order valence-corrected chi connectivity index (χ2v) is 3.96. The summed E-state index contributed by atoms with van der Waals surface area (Å²) in [6, 6.07) is 2.03. The molecule has 0 fully saturated rings. The number of rotatable bonds is 8. The summed E-state index contributed by atoms with van der Waals surface area (Å²) in [5.41, 5.74) is 2.07. The first-order chi connectivity index (χ1) is 8.21. The fourth-order valence-electron chi connectivity index (χ4n) is 1.72. The largest absolute Gasteiger partial charge is 0.381 e. The van der Waals surface area contributed by atoms with E-state index >= 15 is 0 Å². The van der Waals surface area contributed by atoms with Crippen LogP contribution >= 0.6 is 0 Å². The van der Waals surface area contributed by atoms with Crippen LogP contribution in [-0.2, 0) is 28.9 Å². The van der Waals surface area contributed by atoms with Gasteiger partial charge in [-0.1, -0.05) is 6.92 Å². The predicted molar refractivity (Wildman–Crippen MR) is 67.1 cm³/mol. The second kappa shape index (κ2) is 7.22. The Morgan fingerprint density at radius 2 is 2.18 bits per heavy atom. The molecule has 4 heteroatoms. The van der Waals surface area contributed by atoms with Gasteiger partial charge >= 0.3 is 0 Å². The van der Waals surface area contributed by atoms with Gasteiger partial charge in [0.05, 0.1) is 12.3 Å². The van der Waals surface area contributed by atoms with Crippen molar-refractivity contribution in [3.8, 4) is 0 Å². The summed E-state index contributed by atoms with van der Waals surface area (Å²) in [5.74, 6) is 0.218. The van der Waals surface area contributed by atoms with Crippen molar-refractivity contribution in [2.24, 2.45) is 0 Å². The van der Waals surface area contributed by atoms with E-state index < -0.39 is 0 Å². The number of ether oxygens (including phenoxy) is 1. The van der Waals surface area contributed by atoms with Crippen molar-refractivity contribution in [1.29, 1.82) is 0 Å². The van der Waals surface area contributed by atoms with Crippen molar-refractivity contribution in [2.75, 3.05) is 13.2 Å². The molecule has 0 N–H and O–H groups in total. The molecule has 0 amide bonds. The lowest BCUT2D eigenvalue weighted by Crippen LogP contribution is -2.11. The lowest BCUT2D eigenvalue weighted by atomic mass is 10.1. The SMILES string of the molecule is CCOCCC(=O)Cc1cc(CC)nn1CC. The molecule has 4 nitrogen and oxygen atoms in total. The van der Waals surface area contributed by atoms with Crippen LogP contribution in [0.2, 0.25) is 0 Å². The zero-order valence-electron chi connectivity index (χ0n) is 11.0. The Labute approximate surface area is 103 Å². The zero-order chi connectivity index (χ0) is 12.7. The maximum absolute atomic E-state index is 11.7. The highest BCUT2D eigenvalue weighted by molar-refractivity contribution is 5.80. The van der Waals surface area contributed by atoms with Crippen LogP contribution in [0.4, 0.5) is 0 Å². The quantitative estimate of drug-likeness (QED) is 0.651. The Hall–Kier alpha value is -1.16. The molecule has 0 radical (unpaired) electrons. The molecule has 0 aliphatic rings. The Morgan fingerprint density at radius 3 is 2.76 bits per heavy atom. The third-order valence-corrected chi connectivity index (χ3v) is 2.68. The first-order valence-corrected chi connectivity index (χ1v) is 6.36. The van der Waals surface area contributed by atoms with Crippen molar-refractivity contribution >= 4 is 5.78 Å². The normalized spacial score (nSPS) is 10.8. The molecule has 0 aliphatic carbocycles. The smallest absolute Gasteiger partial charge is 0.141 e. The van der Waals surface area contributed by atoms with Gasteiger partial charge in [0.2, 0.25) is 0 Å². The third kappa shape index (κ3) is 4.30. The molecular formula is C13H22N2O2. The van der Waals surface area contributed by atoms with Gasteiger partial charge in [0.1, 0.15) is 5.78 Å². The summed E-state index contributed by atoms with van der Waals surface area (Å²) in [6.45, 7) is 8.05. The number of hydrogen-bond acceptors (Lipinski definition) is 3. The first-order valence-electron chi connectivity index (χ1n) is 6.36. The number of aromatic nitrogens is 2. The minimum absolute atomic E-state index is 0.218. The van der Waals surface area contributed by atoms with Gasteiger partial charge in [0.15, 0.2) is 0 Å². The van der Waals surface area contributed by atoms with Crippen molar-refractivity contribution < 1.29 is 9.53 Å². The zero-order valence-corrected chi connectivity index (χ0v) is 11.0. The van der Waals surface area contributed by atoms with Gasteiger partial charge < -0.3 is 4.74 Å². The van der Waals surface area contributed by atoms with E-state index in [1.807, 2.05) is 24.6 Å². The van der Waals surface area contributed by atoms with Crippen molar-refractivity contribution in [3.05, 3.63) is 17.5 Å². The number of carbonyl (C=O) groups excluding carboxylic acids is 1. The molecule has 1 heterocycles. The lowest BCUT2D eigenvalue weighted by molar-refractivity contribution is -0.119.